The molecule has 0 atom stereocenters. The summed E-state index contributed by atoms with van der Waals surface area (Å²) in [5.41, 5.74) is 7.53. The number of hydrogen-bond acceptors (Lipinski definition) is 7. The monoisotopic (exact) mass is 452 g/mol. The molecule has 1 aromatic carbocycles. The lowest BCUT2D eigenvalue weighted by molar-refractivity contribution is 0.0982. The third-order valence-corrected chi connectivity index (χ3v) is 6.27. The average molecular weight is 453 g/mol. The highest BCUT2D eigenvalue weighted by Gasteiger charge is 2.14. The van der Waals surface area contributed by atoms with Crippen molar-refractivity contribution in [1.29, 1.82) is 0 Å². The zero-order chi connectivity index (χ0) is 22.5. The summed E-state index contributed by atoms with van der Waals surface area (Å²) in [5, 5.41) is 5.72. The van der Waals surface area contributed by atoms with E-state index in [0.29, 0.717) is 35.1 Å². The summed E-state index contributed by atoms with van der Waals surface area (Å²) in [6.45, 7) is 6.06. The number of pyridine rings is 2. The van der Waals surface area contributed by atoms with Crippen LogP contribution in [0.1, 0.15) is 22.3 Å². The summed E-state index contributed by atoms with van der Waals surface area (Å²) < 4.78 is 0. The van der Waals surface area contributed by atoms with Gasteiger partial charge >= 0.3 is 0 Å². The summed E-state index contributed by atoms with van der Waals surface area (Å²) >= 11 is 6.40. The number of rotatable bonds is 8. The Kier molecular flexibility index (Phi) is 7.19. The molecule has 32 heavy (non-hydrogen) atoms. The molecule has 8 heteroatoms. The minimum absolute atomic E-state index is 0.0257. The van der Waals surface area contributed by atoms with Gasteiger partial charge in [-0.25, -0.2) is 9.97 Å². The lowest BCUT2D eigenvalue weighted by Crippen LogP contribution is -2.45. The van der Waals surface area contributed by atoms with Crippen LogP contribution in [0.2, 0.25) is 5.02 Å². The molecule has 0 radical (unpaired) electrons. The van der Waals surface area contributed by atoms with Gasteiger partial charge in [-0.05, 0) is 36.6 Å². The lowest BCUT2D eigenvalue weighted by atomic mass is 10.0. The number of anilines is 2. The molecule has 0 unspecified atom stereocenters. The van der Waals surface area contributed by atoms with E-state index >= 15 is 0 Å². The number of hydrogen-bond donors (Lipinski definition) is 2. The van der Waals surface area contributed by atoms with Gasteiger partial charge in [0, 0.05) is 69.0 Å². The number of piperazine rings is 1. The van der Waals surface area contributed by atoms with Crippen molar-refractivity contribution in [3.05, 3.63) is 58.9 Å². The number of aryl methyl sites for hydroxylation is 1. The maximum atomic E-state index is 12.7. The molecule has 3 heterocycles. The highest BCUT2D eigenvalue weighted by molar-refractivity contribution is 6.33. The van der Waals surface area contributed by atoms with Crippen molar-refractivity contribution in [2.75, 3.05) is 57.4 Å². The van der Waals surface area contributed by atoms with Gasteiger partial charge in [0.25, 0.3) is 0 Å². The summed E-state index contributed by atoms with van der Waals surface area (Å²) in [6.07, 6.45) is 4.33. The maximum Gasteiger partial charge on any atom is 0.164 e. The van der Waals surface area contributed by atoms with Crippen LogP contribution in [-0.2, 0) is 6.42 Å². The Morgan fingerprint density at radius 2 is 1.97 bits per heavy atom. The van der Waals surface area contributed by atoms with E-state index in [4.69, 9.17) is 17.3 Å². The first-order valence-corrected chi connectivity index (χ1v) is 11.3. The molecule has 0 spiro atoms. The molecule has 3 aromatic rings. The largest absolute Gasteiger partial charge is 0.383 e. The fraction of sp³-hybridized carbons (Fsp3) is 0.375. The van der Waals surface area contributed by atoms with Gasteiger partial charge in [0.1, 0.15) is 11.6 Å². The van der Waals surface area contributed by atoms with E-state index in [1.54, 1.807) is 18.5 Å². The Balaban J connectivity index is 1.30. The minimum atomic E-state index is 0.0257. The second-order valence-electron chi connectivity index (χ2n) is 8.30. The normalized spacial score (nSPS) is 15.2. The molecule has 1 fully saturated rings. The van der Waals surface area contributed by atoms with Crippen LogP contribution in [0.4, 0.5) is 11.6 Å². The second kappa shape index (κ2) is 10.3. The van der Waals surface area contributed by atoms with Crippen molar-refractivity contribution >= 4 is 39.8 Å². The Bertz CT molecular complexity index is 1100. The number of Topliss-reactive ketones (excluding diaryl/α,β-unsaturated/α-hetero) is 1. The SMILES string of the molecule is CN1CCN(CCNc2ncc(C(=O)CCc3ccc4c(N)nccc4c3)cc2Cl)CC1. The molecule has 0 saturated carbocycles. The Hall–Kier alpha value is -2.74. The van der Waals surface area contributed by atoms with Crippen LogP contribution in [0.5, 0.6) is 0 Å². The van der Waals surface area contributed by atoms with Crippen LogP contribution in [0.15, 0.2) is 42.7 Å². The van der Waals surface area contributed by atoms with Crippen molar-refractivity contribution in [2.45, 2.75) is 12.8 Å². The molecule has 2 aromatic heterocycles. The second-order valence-corrected chi connectivity index (χ2v) is 8.71. The van der Waals surface area contributed by atoms with Crippen molar-refractivity contribution in [2.24, 2.45) is 0 Å². The van der Waals surface area contributed by atoms with Crippen molar-refractivity contribution in [3.8, 4) is 0 Å². The molecule has 168 valence electrons. The molecule has 0 aliphatic carbocycles. The predicted octanol–water partition coefficient (Wildman–Crippen LogP) is 3.34. The van der Waals surface area contributed by atoms with Gasteiger partial charge in [0.05, 0.1) is 5.02 Å². The molecule has 1 aliphatic heterocycles. The first kappa shape index (κ1) is 22.5. The number of fused-ring (bicyclic) bond motifs is 1. The number of carbonyl (C=O) groups excluding carboxylic acids is 1. The molecule has 3 N–H and O–H groups in total. The van der Waals surface area contributed by atoms with Crippen molar-refractivity contribution in [3.63, 3.8) is 0 Å². The molecule has 1 aliphatic rings. The van der Waals surface area contributed by atoms with Gasteiger partial charge in [-0.1, -0.05) is 29.8 Å². The third kappa shape index (κ3) is 5.54. The number of nitrogens with two attached hydrogens (primary N) is 1. The van der Waals surface area contributed by atoms with Gasteiger partial charge in [0.2, 0.25) is 0 Å². The van der Waals surface area contributed by atoms with Gasteiger partial charge < -0.3 is 16.0 Å². The van der Waals surface area contributed by atoms with Crippen LogP contribution in [0, 0.1) is 0 Å². The standard InChI is InChI=1S/C24H29ClN6O/c1-30-10-12-31(13-11-30)9-8-28-24-21(25)15-19(16-29-24)22(32)5-3-17-2-4-20-18(14-17)6-7-27-23(20)26/h2,4,6-7,14-16H,3,5,8-13H2,1H3,(H2,26,27)(H,28,29). The van der Waals surface area contributed by atoms with E-state index in [1.165, 1.54) is 0 Å². The fourth-order valence-electron chi connectivity index (χ4n) is 3.93. The number of aromatic nitrogens is 2. The molecule has 0 bridgehead atoms. The molecular formula is C24H29ClN6O. The number of nitrogens with one attached hydrogen (secondary N) is 1. The number of nitrogen functional groups attached to an aromatic ring is 1. The Labute approximate surface area is 193 Å². The highest BCUT2D eigenvalue weighted by atomic mass is 35.5. The lowest BCUT2D eigenvalue weighted by Gasteiger charge is -2.32. The van der Waals surface area contributed by atoms with E-state index in [0.717, 1.165) is 55.6 Å². The highest BCUT2D eigenvalue weighted by Crippen LogP contribution is 2.23. The van der Waals surface area contributed by atoms with Gasteiger partial charge in [-0.15, -0.1) is 0 Å². The number of halogens is 1. The summed E-state index contributed by atoms with van der Waals surface area (Å²) in [5.74, 6) is 1.17. The van der Waals surface area contributed by atoms with E-state index in [1.807, 2.05) is 18.2 Å². The average Bonchev–Trinajstić information content (AvgIpc) is 2.80. The van der Waals surface area contributed by atoms with E-state index in [9.17, 15) is 4.79 Å². The number of nitrogens with zero attached hydrogens (tertiary/aromatic N) is 4. The quantitative estimate of drug-likeness (QED) is 0.507. The van der Waals surface area contributed by atoms with Crippen LogP contribution >= 0.6 is 11.6 Å². The van der Waals surface area contributed by atoms with Crippen molar-refractivity contribution < 1.29 is 4.79 Å². The molecule has 4 rings (SSSR count). The number of ketones is 1. The molecule has 0 amide bonds. The topological polar surface area (TPSA) is 87.4 Å². The minimum Gasteiger partial charge on any atom is -0.383 e. The summed E-state index contributed by atoms with van der Waals surface area (Å²) in [7, 11) is 2.15. The number of carbonyl (C=O) groups is 1. The summed E-state index contributed by atoms with van der Waals surface area (Å²) in [6, 6.07) is 9.64. The zero-order valence-corrected chi connectivity index (χ0v) is 19.1. The first-order valence-electron chi connectivity index (χ1n) is 11.0. The van der Waals surface area contributed by atoms with Crippen LogP contribution in [0.25, 0.3) is 10.8 Å². The molecular weight excluding hydrogens is 424 g/mol. The van der Waals surface area contributed by atoms with Crippen molar-refractivity contribution in [1.82, 2.24) is 19.8 Å². The van der Waals surface area contributed by atoms with Gasteiger partial charge in [0.15, 0.2) is 5.78 Å². The predicted molar refractivity (Wildman–Crippen MR) is 130 cm³/mol. The van der Waals surface area contributed by atoms with Crippen LogP contribution in [0.3, 0.4) is 0 Å². The third-order valence-electron chi connectivity index (χ3n) is 5.98. The number of likely N-dealkylation sites (N-methyl/N-ethyl adjacent to an activating group) is 1. The van der Waals surface area contributed by atoms with Gasteiger partial charge in [-0.3, -0.25) is 9.69 Å². The van der Waals surface area contributed by atoms with Crippen LogP contribution < -0.4 is 11.1 Å². The van der Waals surface area contributed by atoms with E-state index < -0.39 is 0 Å². The molecule has 1 saturated heterocycles. The fourth-order valence-corrected chi connectivity index (χ4v) is 4.17. The number of benzene rings is 1. The smallest absolute Gasteiger partial charge is 0.164 e. The van der Waals surface area contributed by atoms with Gasteiger partial charge in [-0.2, -0.15) is 0 Å². The Morgan fingerprint density at radius 1 is 1.16 bits per heavy atom. The molecule has 7 nitrogen and oxygen atoms in total. The van der Waals surface area contributed by atoms with E-state index in [-0.39, 0.29) is 5.78 Å². The maximum absolute atomic E-state index is 12.7. The first-order chi connectivity index (χ1) is 15.5. The zero-order valence-electron chi connectivity index (χ0n) is 18.4. The van der Waals surface area contributed by atoms with Crippen LogP contribution in [-0.4, -0.2) is 71.9 Å². The summed E-state index contributed by atoms with van der Waals surface area (Å²) in [4.78, 5) is 25.9. The van der Waals surface area contributed by atoms with E-state index in [2.05, 4.69) is 38.2 Å². The Morgan fingerprint density at radius 3 is 2.75 bits per heavy atom.